The maximum absolute atomic E-state index is 12.8. The zero-order valence-electron chi connectivity index (χ0n) is 13.0. The molecule has 0 atom stereocenters. The SMILES string of the molecule is CCCc1nc2ccc(C)cn2c1C(=O)Nc1cccnc1Cl. The van der Waals surface area contributed by atoms with Crippen LogP contribution in [0.15, 0.2) is 36.7 Å². The minimum absolute atomic E-state index is 0.235. The van der Waals surface area contributed by atoms with Gasteiger partial charge in [0.2, 0.25) is 0 Å². The van der Waals surface area contributed by atoms with E-state index in [1.165, 1.54) is 0 Å². The Kier molecular flexibility index (Phi) is 4.30. The highest BCUT2D eigenvalue weighted by molar-refractivity contribution is 6.32. The molecule has 5 nitrogen and oxygen atoms in total. The molecule has 0 saturated carbocycles. The summed E-state index contributed by atoms with van der Waals surface area (Å²) in [6.07, 6.45) is 5.15. The molecule has 0 fully saturated rings. The van der Waals surface area contributed by atoms with E-state index in [1.807, 2.05) is 29.7 Å². The maximum Gasteiger partial charge on any atom is 0.274 e. The third-order valence-corrected chi connectivity index (χ3v) is 3.85. The van der Waals surface area contributed by atoms with Crippen molar-refractivity contribution < 1.29 is 4.79 Å². The molecule has 0 aliphatic carbocycles. The van der Waals surface area contributed by atoms with Gasteiger partial charge in [0, 0.05) is 12.4 Å². The molecule has 0 spiro atoms. The summed E-state index contributed by atoms with van der Waals surface area (Å²) in [6.45, 7) is 4.05. The first-order chi connectivity index (χ1) is 11.1. The molecule has 118 valence electrons. The minimum Gasteiger partial charge on any atom is -0.318 e. The summed E-state index contributed by atoms with van der Waals surface area (Å²) < 4.78 is 1.83. The third kappa shape index (κ3) is 3.05. The lowest BCUT2D eigenvalue weighted by Gasteiger charge is -2.08. The minimum atomic E-state index is -0.235. The number of anilines is 1. The lowest BCUT2D eigenvalue weighted by Crippen LogP contribution is -2.17. The second-order valence-corrected chi connectivity index (χ2v) is 5.75. The van der Waals surface area contributed by atoms with Crippen molar-refractivity contribution in [3.05, 3.63) is 58.8 Å². The van der Waals surface area contributed by atoms with E-state index in [9.17, 15) is 4.79 Å². The molecule has 1 N–H and O–H groups in total. The van der Waals surface area contributed by atoms with Gasteiger partial charge in [-0.3, -0.25) is 9.20 Å². The standard InChI is InChI=1S/C17H17ClN4O/c1-3-5-12-15(22-10-11(2)7-8-14(22)20-12)17(23)21-13-6-4-9-19-16(13)18/h4,6-10H,3,5H2,1-2H3,(H,21,23). The fourth-order valence-corrected chi connectivity index (χ4v) is 2.68. The quantitative estimate of drug-likeness (QED) is 0.739. The van der Waals surface area contributed by atoms with Crippen LogP contribution in [0.3, 0.4) is 0 Å². The highest BCUT2D eigenvalue weighted by atomic mass is 35.5. The van der Waals surface area contributed by atoms with Gasteiger partial charge in [-0.25, -0.2) is 9.97 Å². The van der Waals surface area contributed by atoms with Gasteiger partial charge < -0.3 is 5.32 Å². The third-order valence-electron chi connectivity index (χ3n) is 3.55. The van der Waals surface area contributed by atoms with Crippen molar-refractivity contribution in [2.75, 3.05) is 5.32 Å². The van der Waals surface area contributed by atoms with Crippen molar-refractivity contribution in [3.8, 4) is 0 Å². The van der Waals surface area contributed by atoms with Crippen LogP contribution in [0, 0.1) is 6.92 Å². The Hall–Kier alpha value is -2.40. The van der Waals surface area contributed by atoms with Crippen molar-refractivity contribution in [3.63, 3.8) is 0 Å². The van der Waals surface area contributed by atoms with Gasteiger partial charge in [-0.05, 0) is 37.1 Å². The molecule has 23 heavy (non-hydrogen) atoms. The number of imidazole rings is 1. The number of carbonyl (C=O) groups excluding carboxylic acids is 1. The normalized spacial score (nSPS) is 10.9. The van der Waals surface area contributed by atoms with E-state index in [0.29, 0.717) is 11.4 Å². The highest BCUT2D eigenvalue weighted by Gasteiger charge is 2.19. The number of pyridine rings is 2. The number of hydrogen-bond acceptors (Lipinski definition) is 3. The number of fused-ring (bicyclic) bond motifs is 1. The van der Waals surface area contributed by atoms with Crippen LogP contribution in [0.4, 0.5) is 5.69 Å². The Morgan fingerprint density at radius 3 is 2.91 bits per heavy atom. The molecular weight excluding hydrogens is 312 g/mol. The number of carbonyl (C=O) groups is 1. The summed E-state index contributed by atoms with van der Waals surface area (Å²) in [6, 6.07) is 7.36. The Morgan fingerprint density at radius 2 is 2.17 bits per heavy atom. The van der Waals surface area contributed by atoms with Crippen LogP contribution in [0.1, 0.15) is 35.1 Å². The topological polar surface area (TPSA) is 59.3 Å². The molecule has 6 heteroatoms. The van der Waals surface area contributed by atoms with Crippen molar-refractivity contribution >= 4 is 28.8 Å². The van der Waals surface area contributed by atoms with Crippen LogP contribution in [0.5, 0.6) is 0 Å². The fourth-order valence-electron chi connectivity index (χ4n) is 2.51. The number of halogens is 1. The lowest BCUT2D eigenvalue weighted by molar-refractivity contribution is 0.102. The lowest BCUT2D eigenvalue weighted by atomic mass is 10.2. The summed E-state index contributed by atoms with van der Waals surface area (Å²) >= 11 is 6.03. The van der Waals surface area contributed by atoms with E-state index in [2.05, 4.69) is 22.2 Å². The van der Waals surface area contributed by atoms with Crippen LogP contribution in [-0.4, -0.2) is 20.3 Å². The monoisotopic (exact) mass is 328 g/mol. The van der Waals surface area contributed by atoms with Gasteiger partial charge in [0.1, 0.15) is 11.3 Å². The van der Waals surface area contributed by atoms with Crippen molar-refractivity contribution in [2.45, 2.75) is 26.7 Å². The number of nitrogens with zero attached hydrogens (tertiary/aromatic N) is 3. The number of hydrogen-bond donors (Lipinski definition) is 1. The van der Waals surface area contributed by atoms with E-state index < -0.39 is 0 Å². The Labute approximate surface area is 139 Å². The van der Waals surface area contributed by atoms with Crippen molar-refractivity contribution in [1.82, 2.24) is 14.4 Å². The Morgan fingerprint density at radius 1 is 1.35 bits per heavy atom. The van der Waals surface area contributed by atoms with Crippen molar-refractivity contribution in [1.29, 1.82) is 0 Å². The predicted octanol–water partition coefficient (Wildman–Crippen LogP) is 3.90. The molecule has 0 aliphatic heterocycles. The molecule has 0 saturated heterocycles. The van der Waals surface area contributed by atoms with E-state index in [0.717, 1.165) is 29.7 Å². The second kappa shape index (κ2) is 6.38. The van der Waals surface area contributed by atoms with Gasteiger partial charge in [0.25, 0.3) is 5.91 Å². The molecule has 0 unspecified atom stereocenters. The molecule has 3 heterocycles. The molecule has 3 aromatic heterocycles. The first-order valence-corrected chi connectivity index (χ1v) is 7.87. The Balaban J connectivity index is 2.06. The number of amides is 1. The molecule has 0 bridgehead atoms. The molecular formula is C17H17ClN4O. The van der Waals surface area contributed by atoms with Gasteiger partial charge in [0.15, 0.2) is 5.15 Å². The summed E-state index contributed by atoms with van der Waals surface area (Å²) in [7, 11) is 0. The summed E-state index contributed by atoms with van der Waals surface area (Å²) in [5, 5.41) is 3.10. The Bertz CT molecular complexity index is 872. The molecule has 1 amide bonds. The molecule has 3 rings (SSSR count). The van der Waals surface area contributed by atoms with E-state index >= 15 is 0 Å². The van der Waals surface area contributed by atoms with Gasteiger partial charge in [-0.1, -0.05) is 31.0 Å². The van der Waals surface area contributed by atoms with Crippen LogP contribution >= 0.6 is 11.6 Å². The number of aryl methyl sites for hydroxylation is 2. The first kappa shape index (κ1) is 15.5. The predicted molar refractivity (Wildman–Crippen MR) is 91.1 cm³/mol. The molecule has 0 aromatic carbocycles. The van der Waals surface area contributed by atoms with Gasteiger partial charge in [-0.2, -0.15) is 0 Å². The largest absolute Gasteiger partial charge is 0.318 e. The van der Waals surface area contributed by atoms with E-state index in [4.69, 9.17) is 11.6 Å². The van der Waals surface area contributed by atoms with Crippen LogP contribution in [0.25, 0.3) is 5.65 Å². The number of nitrogens with one attached hydrogen (secondary N) is 1. The molecule has 3 aromatic rings. The highest BCUT2D eigenvalue weighted by Crippen LogP contribution is 2.21. The summed E-state index contributed by atoms with van der Waals surface area (Å²) in [5.74, 6) is -0.235. The zero-order valence-corrected chi connectivity index (χ0v) is 13.8. The molecule has 0 aliphatic rings. The average Bonchev–Trinajstić information content (AvgIpc) is 2.87. The average molecular weight is 329 g/mol. The number of rotatable bonds is 4. The van der Waals surface area contributed by atoms with Crippen LogP contribution < -0.4 is 5.32 Å². The first-order valence-electron chi connectivity index (χ1n) is 7.49. The van der Waals surface area contributed by atoms with Crippen molar-refractivity contribution in [2.24, 2.45) is 0 Å². The zero-order chi connectivity index (χ0) is 16.4. The second-order valence-electron chi connectivity index (χ2n) is 5.39. The van der Waals surface area contributed by atoms with Gasteiger partial charge in [0.05, 0.1) is 11.4 Å². The van der Waals surface area contributed by atoms with E-state index in [1.54, 1.807) is 18.3 Å². The van der Waals surface area contributed by atoms with Gasteiger partial charge >= 0.3 is 0 Å². The summed E-state index contributed by atoms with van der Waals surface area (Å²) in [5.41, 5.74) is 3.65. The maximum atomic E-state index is 12.8. The van der Waals surface area contributed by atoms with Crippen LogP contribution in [0.2, 0.25) is 5.15 Å². The smallest absolute Gasteiger partial charge is 0.274 e. The van der Waals surface area contributed by atoms with E-state index in [-0.39, 0.29) is 11.1 Å². The molecule has 0 radical (unpaired) electrons. The number of aromatic nitrogens is 3. The van der Waals surface area contributed by atoms with Gasteiger partial charge in [-0.15, -0.1) is 0 Å². The van der Waals surface area contributed by atoms with Crippen LogP contribution in [-0.2, 0) is 6.42 Å². The summed E-state index contributed by atoms with van der Waals surface area (Å²) in [4.78, 5) is 21.3. The fraction of sp³-hybridized carbons (Fsp3) is 0.235.